The maximum absolute atomic E-state index is 12.6. The molecule has 0 aliphatic carbocycles. The smallest absolute Gasteiger partial charge is 0.326 e. The van der Waals surface area contributed by atoms with Crippen molar-refractivity contribution in [2.45, 2.75) is 18.6 Å². The molecule has 2 atom stereocenters. The third-order valence-electron chi connectivity index (χ3n) is 4.88. The van der Waals surface area contributed by atoms with E-state index >= 15 is 0 Å². The number of carbonyl (C=O) groups excluding carboxylic acids is 2. The number of ketones is 1. The molecule has 6 nitrogen and oxygen atoms in total. The molecule has 0 unspecified atom stereocenters. The fraction of sp³-hybridized carbons (Fsp3) is 0.160. The van der Waals surface area contributed by atoms with Crippen molar-refractivity contribution in [2.24, 2.45) is 0 Å². The van der Waals surface area contributed by atoms with Crippen LogP contribution in [0.1, 0.15) is 33.2 Å². The number of rotatable bonds is 9. The molecule has 0 aliphatic rings. The van der Waals surface area contributed by atoms with Gasteiger partial charge in [0.15, 0.2) is 11.9 Å². The third kappa shape index (κ3) is 5.65. The molecule has 31 heavy (non-hydrogen) atoms. The van der Waals surface area contributed by atoms with Crippen LogP contribution in [-0.4, -0.2) is 35.9 Å². The van der Waals surface area contributed by atoms with Gasteiger partial charge in [0.1, 0.15) is 6.04 Å². The summed E-state index contributed by atoms with van der Waals surface area (Å²) in [4.78, 5) is 36.9. The summed E-state index contributed by atoms with van der Waals surface area (Å²) < 4.78 is 5.27. The number of hydrogen-bond donors (Lipinski definition) is 2. The maximum atomic E-state index is 12.6. The molecule has 158 valence electrons. The number of nitrogens with one attached hydrogen (secondary N) is 1. The van der Waals surface area contributed by atoms with E-state index in [4.69, 9.17) is 4.74 Å². The average molecular weight is 417 g/mol. The molecule has 0 heterocycles. The zero-order valence-electron chi connectivity index (χ0n) is 17.0. The molecule has 0 aliphatic heterocycles. The van der Waals surface area contributed by atoms with E-state index in [1.54, 1.807) is 72.8 Å². The quantitative estimate of drug-likeness (QED) is 0.521. The second-order valence-corrected chi connectivity index (χ2v) is 7.02. The predicted octanol–water partition coefficient (Wildman–Crippen LogP) is 3.42. The number of aliphatic carboxylic acids is 1. The Morgan fingerprint density at radius 2 is 1.39 bits per heavy atom. The predicted molar refractivity (Wildman–Crippen MR) is 116 cm³/mol. The third-order valence-corrected chi connectivity index (χ3v) is 4.88. The van der Waals surface area contributed by atoms with Crippen LogP contribution in [0, 0.1) is 0 Å². The molecule has 1 amide bonds. The van der Waals surface area contributed by atoms with Crippen molar-refractivity contribution in [1.82, 2.24) is 5.32 Å². The molecule has 0 radical (unpaired) electrons. The highest BCUT2D eigenvalue weighted by Gasteiger charge is 2.26. The molecular weight excluding hydrogens is 394 g/mol. The Hall–Kier alpha value is -3.77. The highest BCUT2D eigenvalue weighted by Crippen LogP contribution is 2.17. The van der Waals surface area contributed by atoms with Crippen LogP contribution in [-0.2, 0) is 20.7 Å². The lowest BCUT2D eigenvalue weighted by Crippen LogP contribution is -2.44. The van der Waals surface area contributed by atoms with Crippen molar-refractivity contribution < 1.29 is 24.2 Å². The summed E-state index contributed by atoms with van der Waals surface area (Å²) in [6.45, 7) is 0. The summed E-state index contributed by atoms with van der Waals surface area (Å²) >= 11 is 0. The van der Waals surface area contributed by atoms with Crippen LogP contribution < -0.4 is 5.32 Å². The number of methoxy groups -OCH3 is 1. The number of amides is 1. The van der Waals surface area contributed by atoms with E-state index in [-0.39, 0.29) is 12.2 Å². The minimum absolute atomic E-state index is 0.0755. The molecule has 0 saturated heterocycles. The molecule has 2 N–H and O–H groups in total. The molecular formula is C25H23NO5. The lowest BCUT2D eigenvalue weighted by Gasteiger charge is -2.20. The SMILES string of the molecule is CO[C@@H](C(=O)N[C@@H](Cc1ccc(C(=O)c2ccccc2)cc1)C(=O)O)c1ccccc1. The summed E-state index contributed by atoms with van der Waals surface area (Å²) in [5.41, 5.74) is 2.41. The Kier molecular flexibility index (Phi) is 7.30. The molecule has 0 aromatic heterocycles. The first-order chi connectivity index (χ1) is 15.0. The molecule has 6 heteroatoms. The number of carbonyl (C=O) groups is 3. The number of hydrogen-bond acceptors (Lipinski definition) is 4. The molecule has 0 fully saturated rings. The Morgan fingerprint density at radius 1 is 0.839 bits per heavy atom. The second-order valence-electron chi connectivity index (χ2n) is 7.02. The van der Waals surface area contributed by atoms with Crippen LogP contribution in [0.3, 0.4) is 0 Å². The Morgan fingerprint density at radius 3 is 1.94 bits per heavy atom. The maximum Gasteiger partial charge on any atom is 0.326 e. The van der Waals surface area contributed by atoms with Crippen LogP contribution in [0.5, 0.6) is 0 Å². The van der Waals surface area contributed by atoms with Crippen molar-refractivity contribution in [2.75, 3.05) is 7.11 Å². The van der Waals surface area contributed by atoms with E-state index in [1.165, 1.54) is 7.11 Å². The number of benzene rings is 3. The Bertz CT molecular complexity index is 1030. The summed E-state index contributed by atoms with van der Waals surface area (Å²) in [6.07, 6.45) is -0.833. The molecule has 0 bridgehead atoms. The number of carboxylic acid groups (broad SMARTS) is 1. The lowest BCUT2D eigenvalue weighted by molar-refractivity contribution is -0.144. The fourth-order valence-electron chi connectivity index (χ4n) is 3.25. The summed E-state index contributed by atoms with van der Waals surface area (Å²) in [5.74, 6) is -1.79. The van der Waals surface area contributed by atoms with Crippen LogP contribution >= 0.6 is 0 Å². The number of carboxylic acids is 1. The van der Waals surface area contributed by atoms with Gasteiger partial charge < -0.3 is 15.2 Å². The molecule has 3 aromatic carbocycles. The first-order valence-electron chi connectivity index (χ1n) is 9.79. The minimum atomic E-state index is -1.15. The van der Waals surface area contributed by atoms with Gasteiger partial charge >= 0.3 is 5.97 Å². The van der Waals surface area contributed by atoms with E-state index in [0.29, 0.717) is 22.3 Å². The highest BCUT2D eigenvalue weighted by molar-refractivity contribution is 6.08. The molecule has 0 spiro atoms. The van der Waals surface area contributed by atoms with Gasteiger partial charge in [-0.3, -0.25) is 9.59 Å². The van der Waals surface area contributed by atoms with Gasteiger partial charge in [-0.25, -0.2) is 4.79 Å². The van der Waals surface area contributed by atoms with Gasteiger partial charge in [-0.15, -0.1) is 0 Å². The standard InChI is InChI=1S/C25H23NO5/c1-31-23(20-10-6-3-7-11-20)24(28)26-21(25(29)30)16-17-12-14-19(15-13-17)22(27)18-8-4-2-5-9-18/h2-15,21,23H,16H2,1H3,(H,26,28)(H,29,30)/t21-,23+/m0/s1. The summed E-state index contributed by atoms with van der Waals surface area (Å²) in [5, 5.41) is 12.1. The van der Waals surface area contributed by atoms with Crippen molar-refractivity contribution in [3.8, 4) is 0 Å². The van der Waals surface area contributed by atoms with Gasteiger partial charge in [0.05, 0.1) is 0 Å². The first kappa shape index (κ1) is 21.9. The van der Waals surface area contributed by atoms with E-state index in [1.807, 2.05) is 12.1 Å². The van der Waals surface area contributed by atoms with Crippen molar-refractivity contribution in [1.29, 1.82) is 0 Å². The van der Waals surface area contributed by atoms with E-state index < -0.39 is 24.0 Å². The molecule has 3 aromatic rings. The highest BCUT2D eigenvalue weighted by atomic mass is 16.5. The monoisotopic (exact) mass is 417 g/mol. The zero-order chi connectivity index (χ0) is 22.2. The lowest BCUT2D eigenvalue weighted by atomic mass is 9.99. The van der Waals surface area contributed by atoms with Crippen molar-refractivity contribution >= 4 is 17.7 Å². The van der Waals surface area contributed by atoms with Gasteiger partial charge in [0, 0.05) is 24.7 Å². The second kappa shape index (κ2) is 10.3. The Labute approximate surface area is 180 Å². The van der Waals surface area contributed by atoms with E-state index in [0.717, 1.165) is 0 Å². The van der Waals surface area contributed by atoms with Crippen LogP contribution in [0.15, 0.2) is 84.9 Å². The van der Waals surface area contributed by atoms with Gasteiger partial charge in [0.25, 0.3) is 5.91 Å². The van der Waals surface area contributed by atoms with Crippen LogP contribution in [0.2, 0.25) is 0 Å². The normalized spacial score (nSPS) is 12.5. The van der Waals surface area contributed by atoms with Gasteiger partial charge in [-0.05, 0) is 11.1 Å². The van der Waals surface area contributed by atoms with E-state index in [2.05, 4.69) is 5.32 Å². The topological polar surface area (TPSA) is 92.7 Å². The fourth-order valence-corrected chi connectivity index (χ4v) is 3.25. The van der Waals surface area contributed by atoms with Crippen molar-refractivity contribution in [3.63, 3.8) is 0 Å². The first-order valence-corrected chi connectivity index (χ1v) is 9.79. The van der Waals surface area contributed by atoms with Gasteiger partial charge in [0.2, 0.25) is 0 Å². The van der Waals surface area contributed by atoms with Crippen LogP contribution in [0.4, 0.5) is 0 Å². The van der Waals surface area contributed by atoms with E-state index in [9.17, 15) is 19.5 Å². The minimum Gasteiger partial charge on any atom is -0.480 e. The summed E-state index contributed by atoms with van der Waals surface area (Å²) in [6, 6.07) is 23.4. The largest absolute Gasteiger partial charge is 0.480 e. The van der Waals surface area contributed by atoms with Crippen molar-refractivity contribution in [3.05, 3.63) is 107 Å². The Balaban J connectivity index is 1.69. The number of ether oxygens (including phenoxy) is 1. The zero-order valence-corrected chi connectivity index (χ0v) is 17.0. The molecule has 3 rings (SSSR count). The van der Waals surface area contributed by atoms with Crippen LogP contribution in [0.25, 0.3) is 0 Å². The average Bonchev–Trinajstić information content (AvgIpc) is 2.80. The molecule has 0 saturated carbocycles. The van der Waals surface area contributed by atoms with Gasteiger partial charge in [-0.2, -0.15) is 0 Å². The van der Waals surface area contributed by atoms with Gasteiger partial charge in [-0.1, -0.05) is 84.9 Å². The summed E-state index contributed by atoms with van der Waals surface area (Å²) in [7, 11) is 1.40.